The molecular formula is C25H32BrFO6. The van der Waals surface area contributed by atoms with Gasteiger partial charge in [-0.2, -0.15) is 0 Å². The number of rotatable bonds is 4. The molecule has 182 valence electrons. The predicted octanol–water partition coefficient (Wildman–Crippen LogP) is 3.23. The normalized spacial score (nSPS) is 48.4. The van der Waals surface area contributed by atoms with E-state index < -0.39 is 58.4 Å². The lowest BCUT2D eigenvalue weighted by atomic mass is 9.44. The summed E-state index contributed by atoms with van der Waals surface area (Å²) >= 11 is 3.66. The molecule has 0 aliphatic heterocycles. The van der Waals surface area contributed by atoms with E-state index in [-0.39, 0.29) is 29.4 Å². The van der Waals surface area contributed by atoms with Crippen LogP contribution < -0.4 is 0 Å². The second-order valence-corrected chi connectivity index (χ2v) is 11.7. The molecule has 6 nitrogen and oxygen atoms in total. The van der Waals surface area contributed by atoms with Crippen LogP contribution in [-0.2, 0) is 19.1 Å². The molecule has 0 aromatic rings. The maximum Gasteiger partial charge on any atom is 0.306 e. The Morgan fingerprint density at radius 2 is 1.94 bits per heavy atom. The van der Waals surface area contributed by atoms with Gasteiger partial charge in [0.15, 0.2) is 17.1 Å². The number of halogens is 2. The van der Waals surface area contributed by atoms with E-state index in [2.05, 4.69) is 15.9 Å². The number of carbonyl (C=O) groups excluding carboxylic acids is 3. The summed E-state index contributed by atoms with van der Waals surface area (Å²) in [5.74, 6) is -2.89. The molecule has 0 radical (unpaired) electrons. The average molecular weight is 527 g/mol. The second-order valence-electron chi connectivity index (χ2n) is 10.6. The summed E-state index contributed by atoms with van der Waals surface area (Å²) in [4.78, 5) is 37.5. The Kier molecular flexibility index (Phi) is 5.86. The summed E-state index contributed by atoms with van der Waals surface area (Å²) in [5, 5.41) is 21.3. The molecule has 2 N–H and O–H groups in total. The van der Waals surface area contributed by atoms with Gasteiger partial charge >= 0.3 is 5.97 Å². The van der Waals surface area contributed by atoms with Crippen molar-refractivity contribution in [2.45, 2.75) is 75.6 Å². The lowest BCUT2D eigenvalue weighted by molar-refractivity contribution is -0.227. The molecule has 0 spiro atoms. The van der Waals surface area contributed by atoms with E-state index in [9.17, 15) is 24.6 Å². The van der Waals surface area contributed by atoms with E-state index in [1.165, 1.54) is 12.2 Å². The first-order chi connectivity index (χ1) is 15.3. The molecule has 4 aliphatic carbocycles. The van der Waals surface area contributed by atoms with E-state index in [1.54, 1.807) is 33.8 Å². The summed E-state index contributed by atoms with van der Waals surface area (Å²) in [7, 11) is 0. The fourth-order valence-corrected chi connectivity index (χ4v) is 8.77. The van der Waals surface area contributed by atoms with Gasteiger partial charge in [0.1, 0.15) is 6.61 Å². The SMILES string of the molecule is CCC(=O)OC1(C(=O)CO)C(C)CC2C3CC(Br)C4=CC(=O)C=CC4(C)C3(F)C(O)CC21C. The van der Waals surface area contributed by atoms with Gasteiger partial charge in [0.25, 0.3) is 0 Å². The Morgan fingerprint density at radius 3 is 2.55 bits per heavy atom. The number of Topliss-reactive ketones (excluding diaryl/α,β-unsaturated/α-hetero) is 1. The third-order valence-corrected chi connectivity index (χ3v) is 10.2. The largest absolute Gasteiger partial charge is 0.450 e. The maximum atomic E-state index is 17.3. The van der Waals surface area contributed by atoms with Crippen molar-refractivity contribution >= 4 is 33.5 Å². The second kappa shape index (κ2) is 7.82. The summed E-state index contributed by atoms with van der Waals surface area (Å²) in [5.41, 5.74) is -5.36. The number of carbonyl (C=O) groups is 3. The van der Waals surface area contributed by atoms with Crippen LogP contribution in [-0.4, -0.2) is 56.6 Å². The molecular weight excluding hydrogens is 495 g/mol. The number of hydrogen-bond donors (Lipinski definition) is 2. The first-order valence-electron chi connectivity index (χ1n) is 11.7. The van der Waals surface area contributed by atoms with Crippen molar-refractivity contribution < 1.29 is 33.7 Å². The smallest absolute Gasteiger partial charge is 0.306 e. The number of alkyl halides is 2. The van der Waals surface area contributed by atoms with Crippen LogP contribution in [0.25, 0.3) is 0 Å². The number of aliphatic hydroxyl groups excluding tert-OH is 2. The van der Waals surface area contributed by atoms with Crippen LogP contribution in [0, 0.1) is 28.6 Å². The molecule has 3 saturated carbocycles. The van der Waals surface area contributed by atoms with E-state index in [1.807, 2.05) is 0 Å². The van der Waals surface area contributed by atoms with Crippen molar-refractivity contribution in [2.24, 2.45) is 28.6 Å². The Labute approximate surface area is 201 Å². The zero-order valence-electron chi connectivity index (χ0n) is 19.4. The average Bonchev–Trinajstić information content (AvgIpc) is 2.98. The molecule has 0 saturated heterocycles. The van der Waals surface area contributed by atoms with Crippen LogP contribution >= 0.6 is 15.9 Å². The van der Waals surface area contributed by atoms with Crippen molar-refractivity contribution in [3.63, 3.8) is 0 Å². The predicted molar refractivity (Wildman–Crippen MR) is 122 cm³/mol. The van der Waals surface area contributed by atoms with Crippen LogP contribution in [0.3, 0.4) is 0 Å². The van der Waals surface area contributed by atoms with Crippen LogP contribution in [0.5, 0.6) is 0 Å². The molecule has 0 bridgehead atoms. The summed E-state index contributed by atoms with van der Waals surface area (Å²) in [6, 6.07) is 0. The van der Waals surface area contributed by atoms with Gasteiger partial charge in [0, 0.05) is 33.9 Å². The fraction of sp³-hybridized carbons (Fsp3) is 0.720. The first-order valence-corrected chi connectivity index (χ1v) is 12.6. The van der Waals surface area contributed by atoms with E-state index in [4.69, 9.17) is 4.74 Å². The van der Waals surface area contributed by atoms with Crippen molar-refractivity contribution in [3.05, 3.63) is 23.8 Å². The molecule has 3 fully saturated rings. The van der Waals surface area contributed by atoms with Crippen molar-refractivity contribution in [3.8, 4) is 0 Å². The standard InChI is InChI=1S/C25H32BrFO6/c1-5-21(32)33-25(20(31)12-28)13(2)8-15-16-10-18(26)17-9-14(29)6-7-22(17,3)24(16,27)19(30)11-23(15,25)4/h6-7,9,13,15-16,18-19,28,30H,5,8,10-12H2,1-4H3. The third-order valence-electron chi connectivity index (χ3n) is 9.29. The Bertz CT molecular complexity index is 963. The number of esters is 1. The minimum absolute atomic E-state index is 0.0570. The van der Waals surface area contributed by atoms with Gasteiger partial charge in [0.05, 0.1) is 6.10 Å². The molecule has 8 heteroatoms. The molecule has 4 rings (SSSR count). The molecule has 0 aromatic carbocycles. The minimum Gasteiger partial charge on any atom is -0.450 e. The van der Waals surface area contributed by atoms with Gasteiger partial charge in [-0.05, 0) is 49.8 Å². The highest BCUT2D eigenvalue weighted by atomic mass is 79.9. The maximum absolute atomic E-state index is 17.3. The Hall–Kier alpha value is -1.38. The van der Waals surface area contributed by atoms with Crippen LogP contribution in [0.15, 0.2) is 23.8 Å². The number of ketones is 2. The van der Waals surface area contributed by atoms with E-state index in [0.717, 1.165) is 0 Å². The monoisotopic (exact) mass is 526 g/mol. The molecule has 0 aromatic heterocycles. The first kappa shape index (κ1) is 24.7. The third kappa shape index (κ3) is 2.92. The molecule has 9 atom stereocenters. The molecule has 0 amide bonds. The van der Waals surface area contributed by atoms with E-state index in [0.29, 0.717) is 18.4 Å². The number of aliphatic hydroxyl groups is 2. The molecule has 33 heavy (non-hydrogen) atoms. The Morgan fingerprint density at radius 1 is 1.27 bits per heavy atom. The lowest BCUT2D eigenvalue weighted by Gasteiger charge is -2.63. The highest BCUT2D eigenvalue weighted by Crippen LogP contribution is 2.71. The van der Waals surface area contributed by atoms with Crippen molar-refractivity contribution in [1.29, 1.82) is 0 Å². The number of fused-ring (bicyclic) bond motifs is 5. The zero-order chi connectivity index (χ0) is 24.6. The minimum atomic E-state index is -2.07. The van der Waals surface area contributed by atoms with Crippen LogP contribution in [0.1, 0.15) is 53.4 Å². The number of allylic oxidation sites excluding steroid dienone is 4. The van der Waals surface area contributed by atoms with Gasteiger partial charge in [-0.15, -0.1) is 0 Å². The quantitative estimate of drug-likeness (QED) is 0.430. The molecule has 9 unspecified atom stereocenters. The van der Waals surface area contributed by atoms with Gasteiger partial charge in [-0.25, -0.2) is 4.39 Å². The number of ether oxygens (including phenoxy) is 1. The highest BCUT2D eigenvalue weighted by molar-refractivity contribution is 9.09. The lowest BCUT2D eigenvalue weighted by Crippen LogP contribution is -2.71. The van der Waals surface area contributed by atoms with Crippen molar-refractivity contribution in [1.82, 2.24) is 0 Å². The fourth-order valence-electron chi connectivity index (χ4n) is 7.76. The molecule has 4 aliphatic rings. The van der Waals surface area contributed by atoms with Gasteiger partial charge in [-0.1, -0.05) is 42.8 Å². The number of hydrogen-bond acceptors (Lipinski definition) is 6. The summed E-state index contributed by atoms with van der Waals surface area (Å²) in [6.45, 7) is 6.13. The topological polar surface area (TPSA) is 101 Å². The molecule has 0 heterocycles. The Balaban J connectivity index is 1.88. The van der Waals surface area contributed by atoms with Gasteiger partial charge < -0.3 is 14.9 Å². The van der Waals surface area contributed by atoms with Crippen LogP contribution in [0.4, 0.5) is 4.39 Å². The van der Waals surface area contributed by atoms with Gasteiger partial charge in [-0.3, -0.25) is 14.4 Å². The van der Waals surface area contributed by atoms with E-state index >= 15 is 4.39 Å². The van der Waals surface area contributed by atoms with Crippen molar-refractivity contribution in [2.75, 3.05) is 6.61 Å². The summed E-state index contributed by atoms with van der Waals surface area (Å²) in [6.07, 6.45) is 3.61. The zero-order valence-corrected chi connectivity index (χ0v) is 21.0. The summed E-state index contributed by atoms with van der Waals surface area (Å²) < 4.78 is 23.2. The van der Waals surface area contributed by atoms with Gasteiger partial charge in [0.2, 0.25) is 5.78 Å². The highest BCUT2D eigenvalue weighted by Gasteiger charge is 2.77. The van der Waals surface area contributed by atoms with Crippen LogP contribution in [0.2, 0.25) is 0 Å².